The number of hydrogen-bond acceptors (Lipinski definition) is 4. The summed E-state index contributed by atoms with van der Waals surface area (Å²) in [6, 6.07) is 16.7. The van der Waals surface area contributed by atoms with Crippen LogP contribution >= 0.6 is 12.4 Å². The van der Waals surface area contributed by atoms with Gasteiger partial charge in [-0.15, -0.1) is 12.4 Å². The summed E-state index contributed by atoms with van der Waals surface area (Å²) in [5.41, 5.74) is 1.75. The number of carbonyl (C=O) groups excluding carboxylic acids is 2. The highest BCUT2D eigenvalue weighted by Crippen LogP contribution is 2.42. The van der Waals surface area contributed by atoms with Crippen LogP contribution in [0.5, 0.6) is 5.75 Å². The predicted molar refractivity (Wildman–Crippen MR) is 143 cm³/mol. The maximum Gasteiger partial charge on any atom is 0.387 e. The van der Waals surface area contributed by atoms with Crippen LogP contribution in [0.25, 0.3) is 0 Å². The summed E-state index contributed by atoms with van der Waals surface area (Å²) in [6.45, 7) is 0.985. The van der Waals surface area contributed by atoms with Crippen molar-refractivity contribution in [2.75, 3.05) is 26.2 Å². The molecule has 1 atom stereocenters. The molecule has 3 fully saturated rings. The molecule has 6 nitrogen and oxygen atoms in total. The smallest absolute Gasteiger partial charge is 0.387 e. The van der Waals surface area contributed by atoms with E-state index in [0.717, 1.165) is 75.8 Å². The Morgan fingerprint density at radius 3 is 2.29 bits per heavy atom. The molecule has 3 aliphatic rings. The lowest BCUT2D eigenvalue weighted by Crippen LogP contribution is -2.45. The summed E-state index contributed by atoms with van der Waals surface area (Å²) >= 11 is 0. The van der Waals surface area contributed by atoms with Gasteiger partial charge in [0.25, 0.3) is 0 Å². The zero-order chi connectivity index (χ0) is 25.8. The number of ether oxygens (including phenoxy) is 1. The molecule has 0 aromatic heterocycles. The SMILES string of the molecule is Cl.O=C(N[C@@H](CCN1CCC2(CC1)CCN(Cc1ccc(OC(F)F)cc1)C2=O)c1ccccc1)C1CC1. The van der Waals surface area contributed by atoms with Crippen LogP contribution in [-0.2, 0) is 16.1 Å². The molecular weight excluding hydrogens is 512 g/mol. The van der Waals surface area contributed by atoms with Crippen molar-refractivity contribution in [1.29, 1.82) is 0 Å². The molecule has 0 bridgehead atoms. The number of hydrogen-bond donors (Lipinski definition) is 1. The Morgan fingerprint density at radius 2 is 1.66 bits per heavy atom. The Kier molecular flexibility index (Phi) is 9.26. The van der Waals surface area contributed by atoms with E-state index in [1.54, 1.807) is 12.1 Å². The Bertz CT molecular complexity index is 1070. The first-order valence-corrected chi connectivity index (χ1v) is 13.3. The Balaban J connectivity index is 0.00000336. The second-order valence-electron chi connectivity index (χ2n) is 10.7. The molecule has 1 spiro atoms. The van der Waals surface area contributed by atoms with Gasteiger partial charge in [0.2, 0.25) is 11.8 Å². The number of benzene rings is 2. The summed E-state index contributed by atoms with van der Waals surface area (Å²) in [5.74, 6) is 0.677. The summed E-state index contributed by atoms with van der Waals surface area (Å²) in [4.78, 5) is 30.2. The third-order valence-electron chi connectivity index (χ3n) is 8.14. The number of nitrogens with zero attached hydrogens (tertiary/aromatic N) is 2. The minimum absolute atomic E-state index is 0. The van der Waals surface area contributed by atoms with Crippen molar-refractivity contribution < 1.29 is 23.1 Å². The summed E-state index contributed by atoms with van der Waals surface area (Å²) in [5, 5.41) is 3.26. The van der Waals surface area contributed by atoms with E-state index in [1.165, 1.54) is 12.1 Å². The van der Waals surface area contributed by atoms with Crippen molar-refractivity contribution in [3.8, 4) is 5.75 Å². The molecule has 0 unspecified atom stereocenters. The fourth-order valence-electron chi connectivity index (χ4n) is 5.66. The quantitative estimate of drug-likeness (QED) is 0.445. The molecular formula is C29H36ClF2N3O3. The number of likely N-dealkylation sites (tertiary alicyclic amines) is 2. The molecule has 2 aromatic carbocycles. The van der Waals surface area contributed by atoms with Crippen molar-refractivity contribution in [1.82, 2.24) is 15.1 Å². The van der Waals surface area contributed by atoms with Gasteiger partial charge >= 0.3 is 6.61 Å². The van der Waals surface area contributed by atoms with Gasteiger partial charge in [0.1, 0.15) is 5.75 Å². The van der Waals surface area contributed by atoms with Crippen molar-refractivity contribution in [3.05, 3.63) is 65.7 Å². The average molecular weight is 548 g/mol. The topological polar surface area (TPSA) is 61.9 Å². The standard InChI is InChI=1S/C29H35F2N3O3.ClH/c30-28(31)37-24-10-6-21(7-11-24)20-34-19-15-29(27(34)36)13-17-33(18-14-29)16-12-25(22-4-2-1-3-5-22)32-26(35)23-8-9-23;/h1-7,10-11,23,25,28H,8-9,12-20H2,(H,32,35);1H/t25-;/m0./s1. The second-order valence-corrected chi connectivity index (χ2v) is 10.7. The molecule has 0 radical (unpaired) electrons. The highest BCUT2D eigenvalue weighted by molar-refractivity contribution is 5.85. The maximum absolute atomic E-state index is 13.4. The maximum atomic E-state index is 13.4. The number of halogens is 3. The van der Waals surface area contributed by atoms with Crippen LogP contribution in [0.2, 0.25) is 0 Å². The van der Waals surface area contributed by atoms with Crippen molar-refractivity contribution in [3.63, 3.8) is 0 Å². The highest BCUT2D eigenvalue weighted by atomic mass is 35.5. The number of piperidine rings is 1. The molecule has 2 aromatic rings. The van der Waals surface area contributed by atoms with Gasteiger partial charge in [-0.1, -0.05) is 42.5 Å². The number of rotatable bonds is 10. The summed E-state index contributed by atoms with van der Waals surface area (Å²) in [6.07, 6.45) is 5.37. The third-order valence-corrected chi connectivity index (χ3v) is 8.14. The summed E-state index contributed by atoms with van der Waals surface area (Å²) in [7, 11) is 0. The second kappa shape index (κ2) is 12.4. The Hall–Kier alpha value is -2.71. The zero-order valence-corrected chi connectivity index (χ0v) is 22.3. The van der Waals surface area contributed by atoms with Crippen LogP contribution in [0.3, 0.4) is 0 Å². The molecule has 5 rings (SSSR count). The van der Waals surface area contributed by atoms with Crippen LogP contribution < -0.4 is 10.1 Å². The van der Waals surface area contributed by atoms with Gasteiger partial charge in [0, 0.05) is 25.6 Å². The van der Waals surface area contributed by atoms with Gasteiger partial charge in [-0.25, -0.2) is 0 Å². The number of alkyl halides is 2. The van der Waals surface area contributed by atoms with Crippen LogP contribution in [0, 0.1) is 11.3 Å². The molecule has 2 aliphatic heterocycles. The van der Waals surface area contributed by atoms with Crippen molar-refractivity contribution >= 4 is 24.2 Å². The normalized spacial score (nSPS) is 19.9. The van der Waals surface area contributed by atoms with Gasteiger partial charge in [-0.2, -0.15) is 8.78 Å². The minimum Gasteiger partial charge on any atom is -0.435 e. The number of amides is 2. The predicted octanol–water partition coefficient (Wildman–Crippen LogP) is 5.18. The third kappa shape index (κ3) is 6.83. The first-order chi connectivity index (χ1) is 17.9. The first kappa shape index (κ1) is 28.3. The molecule has 38 heavy (non-hydrogen) atoms. The number of carbonyl (C=O) groups is 2. The van der Waals surface area contributed by atoms with Gasteiger partial charge in [-0.05, 0) is 74.9 Å². The van der Waals surface area contributed by atoms with Gasteiger partial charge in [-0.3, -0.25) is 9.59 Å². The fourth-order valence-corrected chi connectivity index (χ4v) is 5.66. The van der Waals surface area contributed by atoms with Crippen LogP contribution in [0.4, 0.5) is 8.78 Å². The van der Waals surface area contributed by atoms with Crippen molar-refractivity contribution in [2.45, 2.75) is 57.7 Å². The first-order valence-electron chi connectivity index (χ1n) is 13.3. The van der Waals surface area contributed by atoms with Crippen molar-refractivity contribution in [2.24, 2.45) is 11.3 Å². The monoisotopic (exact) mass is 547 g/mol. The van der Waals surface area contributed by atoms with Gasteiger partial charge in [0.05, 0.1) is 11.5 Å². The van der Waals surface area contributed by atoms with Crippen LogP contribution in [0.1, 0.15) is 55.7 Å². The molecule has 9 heteroatoms. The lowest BCUT2D eigenvalue weighted by atomic mass is 9.77. The molecule has 1 saturated carbocycles. The molecule has 1 aliphatic carbocycles. The van der Waals surface area contributed by atoms with Gasteiger partial charge < -0.3 is 19.9 Å². The number of nitrogens with one attached hydrogen (secondary N) is 1. The van der Waals surface area contributed by atoms with E-state index >= 15 is 0 Å². The van der Waals surface area contributed by atoms with E-state index in [0.29, 0.717) is 6.54 Å². The largest absolute Gasteiger partial charge is 0.435 e. The highest BCUT2D eigenvalue weighted by Gasteiger charge is 2.47. The fraction of sp³-hybridized carbons (Fsp3) is 0.517. The van der Waals surface area contributed by atoms with Crippen LogP contribution in [0.15, 0.2) is 54.6 Å². The van der Waals surface area contributed by atoms with Crippen LogP contribution in [-0.4, -0.2) is 54.4 Å². The summed E-state index contributed by atoms with van der Waals surface area (Å²) < 4.78 is 29.2. The van der Waals surface area contributed by atoms with E-state index < -0.39 is 6.61 Å². The van der Waals surface area contributed by atoms with E-state index in [4.69, 9.17) is 0 Å². The van der Waals surface area contributed by atoms with E-state index in [-0.39, 0.29) is 47.3 Å². The molecule has 2 saturated heterocycles. The van der Waals surface area contributed by atoms with E-state index in [9.17, 15) is 18.4 Å². The van der Waals surface area contributed by atoms with Gasteiger partial charge in [0.15, 0.2) is 0 Å². The molecule has 1 N–H and O–H groups in total. The molecule has 2 amide bonds. The zero-order valence-electron chi connectivity index (χ0n) is 21.5. The average Bonchev–Trinajstić information content (AvgIpc) is 3.72. The Morgan fingerprint density at radius 1 is 1.00 bits per heavy atom. The molecule has 206 valence electrons. The lowest BCUT2D eigenvalue weighted by Gasteiger charge is -2.38. The van der Waals surface area contributed by atoms with E-state index in [1.807, 2.05) is 23.1 Å². The minimum atomic E-state index is -2.84. The molecule has 2 heterocycles. The van der Waals surface area contributed by atoms with E-state index in [2.05, 4.69) is 27.1 Å². The lowest BCUT2D eigenvalue weighted by molar-refractivity contribution is -0.139. The Labute approximate surface area is 229 Å².